The lowest BCUT2D eigenvalue weighted by Gasteiger charge is -2.19. The number of hydrogen-bond acceptors (Lipinski definition) is 4. The van der Waals surface area contributed by atoms with Gasteiger partial charge in [-0.2, -0.15) is 0 Å². The molecule has 0 aliphatic heterocycles. The molecule has 0 bridgehead atoms. The van der Waals surface area contributed by atoms with Gasteiger partial charge in [0.05, 0.1) is 0 Å². The maximum atomic E-state index is 11.4. The minimum absolute atomic E-state index is 0.418. The van der Waals surface area contributed by atoms with Gasteiger partial charge in [0.25, 0.3) is 0 Å². The lowest BCUT2D eigenvalue weighted by molar-refractivity contribution is 0.0528. The molecule has 6 nitrogen and oxygen atoms in total. The molecule has 0 aromatic carbocycles. The molecule has 0 aliphatic carbocycles. The van der Waals surface area contributed by atoms with Crippen LogP contribution in [0.2, 0.25) is 0 Å². The van der Waals surface area contributed by atoms with Crippen molar-refractivity contribution in [2.75, 3.05) is 6.54 Å². The Morgan fingerprint density at radius 3 is 2.59 bits per heavy atom. The first-order valence-corrected chi connectivity index (χ1v) is 6.09. The molecule has 1 heterocycles. The molecule has 1 N–H and O–H groups in total. The van der Waals surface area contributed by atoms with Gasteiger partial charge in [0, 0.05) is 20.0 Å². The number of nitrogens with zero attached hydrogens (tertiary/aromatic N) is 3. The summed E-state index contributed by atoms with van der Waals surface area (Å²) in [5.74, 6) is 0.799. The first-order chi connectivity index (χ1) is 7.79. The van der Waals surface area contributed by atoms with Gasteiger partial charge in [-0.25, -0.2) is 4.79 Å². The second kappa shape index (κ2) is 5.48. The number of amides is 1. The van der Waals surface area contributed by atoms with E-state index in [2.05, 4.69) is 31.4 Å². The summed E-state index contributed by atoms with van der Waals surface area (Å²) in [5, 5.41) is 10.5. The van der Waals surface area contributed by atoms with Gasteiger partial charge in [-0.3, -0.25) is 0 Å². The van der Waals surface area contributed by atoms with E-state index in [1.165, 1.54) is 0 Å². The molecule has 1 rings (SSSR count). The second-order valence-corrected chi connectivity index (χ2v) is 5.33. The summed E-state index contributed by atoms with van der Waals surface area (Å²) in [5.41, 5.74) is -0.474. The van der Waals surface area contributed by atoms with Crippen molar-refractivity contribution >= 4 is 22.0 Å². The van der Waals surface area contributed by atoms with Crippen LogP contribution in [-0.4, -0.2) is 33.0 Å². The van der Waals surface area contributed by atoms with E-state index in [9.17, 15) is 4.79 Å². The molecule has 1 amide bonds. The van der Waals surface area contributed by atoms with Crippen LogP contribution in [0.1, 0.15) is 26.6 Å². The number of carbonyl (C=O) groups excluding carboxylic acids is 1. The van der Waals surface area contributed by atoms with Gasteiger partial charge in [-0.1, -0.05) is 0 Å². The SMILES string of the molecule is Cn1c(Br)nnc1CCNC(=O)OC(C)(C)C. The van der Waals surface area contributed by atoms with Crippen LogP contribution < -0.4 is 5.32 Å². The van der Waals surface area contributed by atoms with E-state index in [0.29, 0.717) is 17.7 Å². The van der Waals surface area contributed by atoms with Crippen molar-refractivity contribution in [1.29, 1.82) is 0 Å². The maximum Gasteiger partial charge on any atom is 0.407 e. The predicted molar refractivity (Wildman–Crippen MR) is 66.6 cm³/mol. The fourth-order valence-electron chi connectivity index (χ4n) is 1.15. The van der Waals surface area contributed by atoms with E-state index >= 15 is 0 Å². The Morgan fingerprint density at radius 2 is 2.12 bits per heavy atom. The molecule has 17 heavy (non-hydrogen) atoms. The minimum Gasteiger partial charge on any atom is -0.444 e. The third kappa shape index (κ3) is 4.72. The average molecular weight is 305 g/mol. The lowest BCUT2D eigenvalue weighted by Crippen LogP contribution is -2.33. The van der Waals surface area contributed by atoms with Crippen LogP contribution in [-0.2, 0) is 18.2 Å². The smallest absolute Gasteiger partial charge is 0.407 e. The molecular weight excluding hydrogens is 288 g/mol. The molecule has 0 fully saturated rings. The summed E-state index contributed by atoms with van der Waals surface area (Å²) in [6.07, 6.45) is 0.188. The zero-order chi connectivity index (χ0) is 13.1. The second-order valence-electron chi connectivity index (χ2n) is 4.62. The monoisotopic (exact) mass is 304 g/mol. The van der Waals surface area contributed by atoms with Gasteiger partial charge < -0.3 is 14.6 Å². The van der Waals surface area contributed by atoms with Gasteiger partial charge in [0.1, 0.15) is 11.4 Å². The van der Waals surface area contributed by atoms with E-state index in [1.54, 1.807) is 0 Å². The van der Waals surface area contributed by atoms with Crippen LogP contribution in [0.5, 0.6) is 0 Å². The molecule has 0 saturated carbocycles. The third-order valence-electron chi connectivity index (χ3n) is 1.93. The van der Waals surface area contributed by atoms with Crippen molar-refractivity contribution in [3.05, 3.63) is 10.6 Å². The highest BCUT2D eigenvalue weighted by Crippen LogP contribution is 2.07. The Bertz CT molecular complexity index is 398. The Hall–Kier alpha value is -1.11. The van der Waals surface area contributed by atoms with Crippen molar-refractivity contribution in [3.8, 4) is 0 Å². The molecular formula is C10H17BrN4O2. The van der Waals surface area contributed by atoms with Crippen LogP contribution in [0, 0.1) is 0 Å². The molecule has 0 atom stereocenters. The van der Waals surface area contributed by atoms with E-state index in [1.807, 2.05) is 32.4 Å². The molecule has 0 spiro atoms. The number of halogens is 1. The Labute approximate surface area is 109 Å². The van der Waals surface area contributed by atoms with Crippen molar-refractivity contribution < 1.29 is 9.53 Å². The average Bonchev–Trinajstić information content (AvgIpc) is 2.46. The van der Waals surface area contributed by atoms with Crippen LogP contribution >= 0.6 is 15.9 Å². The fraction of sp³-hybridized carbons (Fsp3) is 0.700. The summed E-state index contributed by atoms with van der Waals surface area (Å²) >= 11 is 3.25. The summed E-state index contributed by atoms with van der Waals surface area (Å²) in [4.78, 5) is 11.4. The van der Waals surface area contributed by atoms with Gasteiger partial charge in [-0.15, -0.1) is 10.2 Å². The number of hydrogen-bond donors (Lipinski definition) is 1. The predicted octanol–water partition coefficient (Wildman–Crippen LogP) is 1.64. The highest BCUT2D eigenvalue weighted by Gasteiger charge is 2.15. The standard InChI is InChI=1S/C10H17BrN4O2/c1-10(2,3)17-9(16)12-6-5-7-13-14-8(11)15(7)4/h5-6H2,1-4H3,(H,12,16). The van der Waals surface area contributed by atoms with Gasteiger partial charge >= 0.3 is 6.09 Å². The maximum absolute atomic E-state index is 11.4. The molecule has 0 aliphatic rings. The van der Waals surface area contributed by atoms with Crippen LogP contribution in [0.25, 0.3) is 0 Å². The molecule has 7 heteroatoms. The van der Waals surface area contributed by atoms with Crippen molar-refractivity contribution in [2.45, 2.75) is 32.8 Å². The summed E-state index contributed by atoms with van der Waals surface area (Å²) in [6, 6.07) is 0. The quantitative estimate of drug-likeness (QED) is 0.922. The lowest BCUT2D eigenvalue weighted by atomic mass is 10.2. The molecule has 0 radical (unpaired) electrons. The first kappa shape index (κ1) is 14.0. The molecule has 0 unspecified atom stereocenters. The van der Waals surface area contributed by atoms with E-state index in [0.717, 1.165) is 5.82 Å². The van der Waals surface area contributed by atoms with Crippen molar-refractivity contribution in [3.63, 3.8) is 0 Å². The van der Waals surface area contributed by atoms with Crippen LogP contribution in [0.3, 0.4) is 0 Å². The summed E-state index contributed by atoms with van der Waals surface area (Å²) < 4.78 is 7.60. The number of nitrogens with one attached hydrogen (secondary N) is 1. The third-order valence-corrected chi connectivity index (χ3v) is 2.62. The number of aromatic nitrogens is 3. The molecule has 1 aromatic heterocycles. The van der Waals surface area contributed by atoms with Gasteiger partial charge in [0.15, 0.2) is 4.73 Å². The van der Waals surface area contributed by atoms with Crippen molar-refractivity contribution in [1.82, 2.24) is 20.1 Å². The Balaban J connectivity index is 2.34. The highest BCUT2D eigenvalue weighted by atomic mass is 79.9. The number of rotatable bonds is 3. The summed E-state index contributed by atoms with van der Waals surface area (Å²) in [7, 11) is 1.85. The summed E-state index contributed by atoms with van der Waals surface area (Å²) in [6.45, 7) is 5.94. The van der Waals surface area contributed by atoms with Gasteiger partial charge in [-0.05, 0) is 36.7 Å². The fourth-order valence-corrected chi connectivity index (χ4v) is 1.43. The van der Waals surface area contributed by atoms with Crippen LogP contribution in [0.15, 0.2) is 4.73 Å². The van der Waals surface area contributed by atoms with Crippen LogP contribution in [0.4, 0.5) is 4.79 Å². The number of alkyl carbamates (subject to hydrolysis) is 1. The van der Waals surface area contributed by atoms with E-state index in [-0.39, 0.29) is 0 Å². The minimum atomic E-state index is -0.474. The zero-order valence-electron chi connectivity index (χ0n) is 10.5. The van der Waals surface area contributed by atoms with Crippen molar-refractivity contribution in [2.24, 2.45) is 7.05 Å². The zero-order valence-corrected chi connectivity index (χ0v) is 12.0. The van der Waals surface area contributed by atoms with Gasteiger partial charge in [0.2, 0.25) is 0 Å². The molecule has 1 aromatic rings. The largest absolute Gasteiger partial charge is 0.444 e. The Kier molecular flexibility index (Phi) is 4.50. The van der Waals surface area contributed by atoms with E-state index in [4.69, 9.17) is 4.74 Å². The Morgan fingerprint density at radius 1 is 1.47 bits per heavy atom. The topological polar surface area (TPSA) is 69.0 Å². The number of carbonyl (C=O) groups is 1. The normalized spacial score (nSPS) is 11.4. The molecule has 0 saturated heterocycles. The highest BCUT2D eigenvalue weighted by molar-refractivity contribution is 9.10. The van der Waals surface area contributed by atoms with E-state index < -0.39 is 11.7 Å². The first-order valence-electron chi connectivity index (χ1n) is 5.30. The number of ether oxygens (including phenoxy) is 1. The molecule has 96 valence electrons.